The molecule has 98 valence electrons. The van der Waals surface area contributed by atoms with Crippen molar-refractivity contribution >= 4 is 5.69 Å². The Morgan fingerprint density at radius 3 is 2.94 bits per heavy atom. The van der Waals surface area contributed by atoms with Crippen molar-refractivity contribution in [2.24, 2.45) is 0 Å². The van der Waals surface area contributed by atoms with Crippen LogP contribution in [0.5, 0.6) is 0 Å². The SMILES string of the molecule is O=[N+]([O-])c1cc(F)cc(CN2CCCC2CO)c1. The summed E-state index contributed by atoms with van der Waals surface area (Å²) in [5.74, 6) is -0.598. The van der Waals surface area contributed by atoms with E-state index in [2.05, 4.69) is 0 Å². The Morgan fingerprint density at radius 1 is 1.50 bits per heavy atom. The van der Waals surface area contributed by atoms with Gasteiger partial charge in [-0.3, -0.25) is 15.0 Å². The fourth-order valence-electron chi connectivity index (χ4n) is 2.37. The highest BCUT2D eigenvalue weighted by Crippen LogP contribution is 2.22. The van der Waals surface area contributed by atoms with E-state index in [9.17, 15) is 19.6 Å². The molecule has 0 aromatic heterocycles. The third-order valence-electron chi connectivity index (χ3n) is 3.25. The average Bonchev–Trinajstić information content (AvgIpc) is 2.75. The zero-order chi connectivity index (χ0) is 13.1. The van der Waals surface area contributed by atoms with Crippen LogP contribution in [0.3, 0.4) is 0 Å². The van der Waals surface area contributed by atoms with Gasteiger partial charge in [0.05, 0.1) is 17.6 Å². The van der Waals surface area contributed by atoms with Crippen LogP contribution < -0.4 is 0 Å². The lowest BCUT2D eigenvalue weighted by Crippen LogP contribution is -2.31. The fourth-order valence-corrected chi connectivity index (χ4v) is 2.37. The number of aliphatic hydroxyl groups is 1. The van der Waals surface area contributed by atoms with E-state index >= 15 is 0 Å². The second-order valence-electron chi connectivity index (χ2n) is 4.52. The molecule has 6 heteroatoms. The molecule has 18 heavy (non-hydrogen) atoms. The summed E-state index contributed by atoms with van der Waals surface area (Å²) in [6, 6.07) is 3.68. The van der Waals surface area contributed by atoms with Crippen molar-refractivity contribution in [1.82, 2.24) is 4.90 Å². The minimum atomic E-state index is -0.598. The van der Waals surface area contributed by atoms with Crippen LogP contribution in [0.4, 0.5) is 10.1 Å². The van der Waals surface area contributed by atoms with E-state index in [1.54, 1.807) is 0 Å². The summed E-state index contributed by atoms with van der Waals surface area (Å²) in [6.45, 7) is 1.33. The number of halogens is 1. The lowest BCUT2D eigenvalue weighted by molar-refractivity contribution is -0.385. The number of rotatable bonds is 4. The summed E-state index contributed by atoms with van der Waals surface area (Å²) >= 11 is 0. The molecule has 1 aromatic rings. The van der Waals surface area contributed by atoms with Crippen molar-refractivity contribution in [3.05, 3.63) is 39.7 Å². The van der Waals surface area contributed by atoms with Gasteiger partial charge in [-0.05, 0) is 31.0 Å². The molecule has 0 radical (unpaired) electrons. The van der Waals surface area contributed by atoms with Crippen LogP contribution in [0, 0.1) is 15.9 Å². The largest absolute Gasteiger partial charge is 0.395 e. The molecule has 1 atom stereocenters. The number of non-ortho nitro benzene ring substituents is 1. The second kappa shape index (κ2) is 5.41. The third-order valence-corrected chi connectivity index (χ3v) is 3.25. The van der Waals surface area contributed by atoms with Gasteiger partial charge in [0.15, 0.2) is 0 Å². The van der Waals surface area contributed by atoms with E-state index < -0.39 is 10.7 Å². The van der Waals surface area contributed by atoms with E-state index in [1.165, 1.54) is 12.1 Å². The first-order chi connectivity index (χ1) is 8.60. The van der Waals surface area contributed by atoms with Crippen molar-refractivity contribution in [3.8, 4) is 0 Å². The Hall–Kier alpha value is -1.53. The number of hydrogen-bond donors (Lipinski definition) is 1. The van der Waals surface area contributed by atoms with Gasteiger partial charge in [0.2, 0.25) is 0 Å². The van der Waals surface area contributed by atoms with E-state index in [4.69, 9.17) is 0 Å². The molecule has 1 aliphatic heterocycles. The van der Waals surface area contributed by atoms with Gasteiger partial charge < -0.3 is 5.11 Å². The molecule has 0 spiro atoms. The highest BCUT2D eigenvalue weighted by Gasteiger charge is 2.24. The number of nitro benzene ring substituents is 1. The molecule has 1 aromatic carbocycles. The highest BCUT2D eigenvalue weighted by atomic mass is 19.1. The number of aliphatic hydroxyl groups excluding tert-OH is 1. The molecule has 0 bridgehead atoms. The maximum Gasteiger partial charge on any atom is 0.272 e. The number of benzene rings is 1. The molecule has 1 aliphatic rings. The molecule has 2 rings (SSSR count). The van der Waals surface area contributed by atoms with Gasteiger partial charge in [-0.15, -0.1) is 0 Å². The monoisotopic (exact) mass is 254 g/mol. The van der Waals surface area contributed by atoms with Crippen molar-refractivity contribution in [1.29, 1.82) is 0 Å². The van der Waals surface area contributed by atoms with Crippen molar-refractivity contribution < 1.29 is 14.4 Å². The van der Waals surface area contributed by atoms with Crippen LogP contribution in [0.25, 0.3) is 0 Å². The van der Waals surface area contributed by atoms with Crippen LogP contribution >= 0.6 is 0 Å². The van der Waals surface area contributed by atoms with E-state index in [1.807, 2.05) is 4.90 Å². The Kier molecular flexibility index (Phi) is 3.88. The molecule has 5 nitrogen and oxygen atoms in total. The van der Waals surface area contributed by atoms with Crippen LogP contribution in [-0.4, -0.2) is 34.1 Å². The molecule has 1 unspecified atom stereocenters. The predicted molar refractivity (Wildman–Crippen MR) is 63.6 cm³/mol. The molecule has 0 amide bonds. The van der Waals surface area contributed by atoms with E-state index in [-0.39, 0.29) is 18.3 Å². The molecule has 0 aliphatic carbocycles. The lowest BCUT2D eigenvalue weighted by Gasteiger charge is -2.22. The first-order valence-electron chi connectivity index (χ1n) is 5.89. The maximum atomic E-state index is 13.3. The van der Waals surface area contributed by atoms with Gasteiger partial charge in [0.25, 0.3) is 5.69 Å². The Bertz CT molecular complexity index is 453. The zero-order valence-corrected chi connectivity index (χ0v) is 9.88. The minimum absolute atomic E-state index is 0.0669. The smallest absolute Gasteiger partial charge is 0.272 e. The number of hydrogen-bond acceptors (Lipinski definition) is 4. The number of nitrogens with zero attached hydrogens (tertiary/aromatic N) is 2. The minimum Gasteiger partial charge on any atom is -0.395 e. The van der Waals surface area contributed by atoms with Crippen LogP contribution in [-0.2, 0) is 6.54 Å². The summed E-state index contributed by atoms with van der Waals surface area (Å²) in [4.78, 5) is 12.1. The van der Waals surface area contributed by atoms with Crippen molar-refractivity contribution in [2.45, 2.75) is 25.4 Å². The third kappa shape index (κ3) is 2.83. The fraction of sp³-hybridized carbons (Fsp3) is 0.500. The highest BCUT2D eigenvalue weighted by molar-refractivity contribution is 5.35. The summed E-state index contributed by atoms with van der Waals surface area (Å²) in [5.41, 5.74) is 0.340. The van der Waals surface area contributed by atoms with E-state index in [0.29, 0.717) is 12.1 Å². The van der Waals surface area contributed by atoms with Crippen LogP contribution in [0.2, 0.25) is 0 Å². The first-order valence-corrected chi connectivity index (χ1v) is 5.89. The Labute approximate surface area is 104 Å². The maximum absolute atomic E-state index is 13.3. The average molecular weight is 254 g/mol. The van der Waals surface area contributed by atoms with Crippen molar-refractivity contribution in [3.63, 3.8) is 0 Å². The van der Waals surface area contributed by atoms with Crippen molar-refractivity contribution in [2.75, 3.05) is 13.2 Å². The number of nitro groups is 1. The standard InChI is InChI=1S/C12H15FN2O3/c13-10-4-9(5-12(6-10)15(17)18)7-14-3-1-2-11(14)8-16/h4-6,11,16H,1-3,7-8H2. The molecule has 1 saturated heterocycles. The normalized spacial score (nSPS) is 20.2. The molecule has 1 N–H and O–H groups in total. The molecular formula is C12H15FN2O3. The van der Waals surface area contributed by atoms with E-state index in [0.717, 1.165) is 25.5 Å². The van der Waals surface area contributed by atoms with Crippen LogP contribution in [0.15, 0.2) is 18.2 Å². The lowest BCUT2D eigenvalue weighted by atomic mass is 10.1. The topological polar surface area (TPSA) is 66.6 Å². The summed E-state index contributed by atoms with van der Waals surface area (Å²) in [5, 5.41) is 19.8. The molecular weight excluding hydrogens is 239 g/mol. The summed E-state index contributed by atoms with van der Waals surface area (Å²) in [7, 11) is 0. The van der Waals surface area contributed by atoms with Gasteiger partial charge in [-0.2, -0.15) is 0 Å². The molecule has 1 heterocycles. The zero-order valence-electron chi connectivity index (χ0n) is 9.88. The van der Waals surface area contributed by atoms with Gasteiger partial charge in [-0.25, -0.2) is 4.39 Å². The number of likely N-dealkylation sites (tertiary alicyclic amines) is 1. The van der Waals surface area contributed by atoms with Crippen LogP contribution in [0.1, 0.15) is 18.4 Å². The van der Waals surface area contributed by atoms with Gasteiger partial charge in [0, 0.05) is 18.7 Å². The van der Waals surface area contributed by atoms with Gasteiger partial charge in [0.1, 0.15) is 5.82 Å². The molecule has 1 fully saturated rings. The predicted octanol–water partition coefficient (Wildman–Crippen LogP) is 1.69. The van der Waals surface area contributed by atoms with Gasteiger partial charge >= 0.3 is 0 Å². The molecule has 0 saturated carbocycles. The second-order valence-corrected chi connectivity index (χ2v) is 4.52. The first kappa shape index (κ1) is 12.9. The van der Waals surface area contributed by atoms with Gasteiger partial charge in [-0.1, -0.05) is 0 Å². The summed E-state index contributed by atoms with van der Waals surface area (Å²) < 4.78 is 13.3. The Morgan fingerprint density at radius 2 is 2.28 bits per heavy atom. The summed E-state index contributed by atoms with van der Waals surface area (Å²) in [6.07, 6.45) is 1.90. The quantitative estimate of drug-likeness (QED) is 0.656. The Balaban J connectivity index is 2.16.